The Hall–Kier alpha value is -1.22. The highest BCUT2D eigenvalue weighted by Gasteiger charge is 2.23. The van der Waals surface area contributed by atoms with E-state index in [1.165, 1.54) is 5.56 Å². The lowest BCUT2D eigenvalue weighted by molar-refractivity contribution is 0.451. The first kappa shape index (κ1) is 8.12. The third kappa shape index (κ3) is 1.16. The number of nitrogens with one attached hydrogen (secondary N) is 1. The summed E-state index contributed by atoms with van der Waals surface area (Å²) in [6.45, 7) is 2.94. The van der Waals surface area contributed by atoms with Gasteiger partial charge in [-0.1, -0.05) is 11.6 Å². The molecule has 2 aliphatic heterocycles. The molecule has 0 amide bonds. The van der Waals surface area contributed by atoms with Crippen LogP contribution in [-0.4, -0.2) is 23.9 Å². The van der Waals surface area contributed by atoms with Crippen LogP contribution in [0.1, 0.15) is 5.56 Å². The van der Waals surface area contributed by atoms with Crippen LogP contribution in [0, 0.1) is 0 Å². The third-order valence-corrected chi connectivity index (χ3v) is 2.83. The minimum absolute atomic E-state index is 0.787. The van der Waals surface area contributed by atoms with Gasteiger partial charge >= 0.3 is 0 Å². The van der Waals surface area contributed by atoms with Gasteiger partial charge < -0.3 is 10.2 Å². The summed E-state index contributed by atoms with van der Waals surface area (Å²) in [6, 6.07) is 5.85. The number of halogens is 1. The fourth-order valence-corrected chi connectivity index (χ4v) is 2.09. The summed E-state index contributed by atoms with van der Waals surface area (Å²) in [5, 5.41) is 4.04. The van der Waals surface area contributed by atoms with Crippen molar-refractivity contribution in [3.8, 4) is 0 Å². The average molecular weight is 208 g/mol. The number of benzene rings is 1. The van der Waals surface area contributed by atoms with Crippen molar-refractivity contribution < 1.29 is 0 Å². The Bertz CT molecular complexity index is 414. The number of aliphatic imine (C=N–C) groups is 1. The normalized spacial score (nSPS) is 18.4. The van der Waals surface area contributed by atoms with Crippen LogP contribution in [-0.2, 0) is 6.54 Å². The molecule has 3 nitrogen and oxygen atoms in total. The molecule has 14 heavy (non-hydrogen) atoms. The molecule has 0 radical (unpaired) electrons. The number of fused-ring (bicyclic) bond motifs is 2. The van der Waals surface area contributed by atoms with Gasteiger partial charge in [0.15, 0.2) is 5.96 Å². The topological polar surface area (TPSA) is 27.6 Å². The summed E-state index contributed by atoms with van der Waals surface area (Å²) >= 11 is 5.94. The Labute approximate surface area is 87.4 Å². The molecule has 72 valence electrons. The Kier molecular flexibility index (Phi) is 1.67. The standard InChI is InChI=1S/C10H10ClN3/c11-8-1-2-9-7(5-8)6-14-4-3-12-10(14)13-9/h1-2,5H,3-4,6H2,(H,12,13). The quantitative estimate of drug-likeness (QED) is 0.702. The number of hydrogen-bond acceptors (Lipinski definition) is 3. The highest BCUT2D eigenvalue weighted by atomic mass is 35.5. The molecule has 1 aromatic carbocycles. The molecule has 2 aliphatic rings. The molecule has 0 unspecified atom stereocenters. The molecule has 0 aliphatic carbocycles. The highest BCUT2D eigenvalue weighted by molar-refractivity contribution is 6.30. The summed E-state index contributed by atoms with van der Waals surface area (Å²) in [5.74, 6) is 1.000. The van der Waals surface area contributed by atoms with Gasteiger partial charge in [0.25, 0.3) is 0 Å². The first-order valence-corrected chi connectivity index (χ1v) is 5.07. The lowest BCUT2D eigenvalue weighted by atomic mass is 10.1. The molecule has 0 saturated carbocycles. The lowest BCUT2D eigenvalue weighted by Gasteiger charge is -2.23. The molecule has 1 fully saturated rings. The van der Waals surface area contributed by atoms with Crippen molar-refractivity contribution in [1.82, 2.24) is 10.2 Å². The first-order valence-electron chi connectivity index (χ1n) is 4.69. The van der Waals surface area contributed by atoms with Crippen LogP contribution in [0.15, 0.2) is 23.2 Å². The van der Waals surface area contributed by atoms with Gasteiger partial charge in [-0.15, -0.1) is 0 Å². The second-order valence-electron chi connectivity index (χ2n) is 3.56. The zero-order valence-electron chi connectivity index (χ0n) is 7.63. The van der Waals surface area contributed by atoms with Crippen LogP contribution in [0.4, 0.5) is 5.69 Å². The van der Waals surface area contributed by atoms with Gasteiger partial charge in [-0.2, -0.15) is 0 Å². The molecule has 0 bridgehead atoms. The average Bonchev–Trinajstić information content (AvgIpc) is 2.61. The highest BCUT2D eigenvalue weighted by Crippen LogP contribution is 2.28. The Morgan fingerprint density at radius 2 is 2.36 bits per heavy atom. The molecule has 0 spiro atoms. The largest absolute Gasteiger partial charge is 0.354 e. The van der Waals surface area contributed by atoms with Crippen molar-refractivity contribution in [2.24, 2.45) is 4.99 Å². The van der Waals surface area contributed by atoms with Gasteiger partial charge in [-0.05, 0) is 23.8 Å². The van der Waals surface area contributed by atoms with E-state index in [1.807, 2.05) is 18.2 Å². The summed E-state index contributed by atoms with van der Waals surface area (Å²) < 4.78 is 0. The van der Waals surface area contributed by atoms with Crippen molar-refractivity contribution >= 4 is 23.2 Å². The van der Waals surface area contributed by atoms with E-state index in [1.54, 1.807) is 0 Å². The fraction of sp³-hybridized carbons (Fsp3) is 0.300. The fourth-order valence-electron chi connectivity index (χ4n) is 1.89. The van der Waals surface area contributed by atoms with E-state index in [0.29, 0.717) is 0 Å². The van der Waals surface area contributed by atoms with Crippen molar-refractivity contribution in [2.75, 3.05) is 13.1 Å². The summed E-state index contributed by atoms with van der Waals surface area (Å²) in [4.78, 5) is 6.76. The molecule has 0 atom stereocenters. The van der Waals surface area contributed by atoms with Crippen LogP contribution in [0.3, 0.4) is 0 Å². The molecule has 4 heteroatoms. The number of guanidine groups is 1. The van der Waals surface area contributed by atoms with E-state index in [4.69, 9.17) is 11.6 Å². The van der Waals surface area contributed by atoms with E-state index < -0.39 is 0 Å². The van der Waals surface area contributed by atoms with Crippen molar-refractivity contribution in [3.05, 3.63) is 28.8 Å². The van der Waals surface area contributed by atoms with Crippen LogP contribution < -0.4 is 5.32 Å². The van der Waals surface area contributed by atoms with Crippen LogP contribution in [0.25, 0.3) is 0 Å². The van der Waals surface area contributed by atoms with Crippen LogP contribution in [0.2, 0.25) is 5.02 Å². The van der Waals surface area contributed by atoms with Crippen molar-refractivity contribution in [2.45, 2.75) is 6.54 Å². The molecule has 1 N–H and O–H groups in total. The molecule has 1 aromatic rings. The summed E-state index contributed by atoms with van der Waals surface area (Å²) in [7, 11) is 0. The maximum Gasteiger partial charge on any atom is 0.199 e. The van der Waals surface area contributed by atoms with E-state index in [2.05, 4.69) is 15.2 Å². The molecule has 3 rings (SSSR count). The van der Waals surface area contributed by atoms with Gasteiger partial charge in [0, 0.05) is 24.7 Å². The zero-order chi connectivity index (χ0) is 9.54. The monoisotopic (exact) mass is 207 g/mol. The number of hydrogen-bond donors (Lipinski definition) is 1. The first-order chi connectivity index (χ1) is 6.83. The van der Waals surface area contributed by atoms with Gasteiger partial charge in [-0.25, -0.2) is 4.99 Å². The molecule has 2 heterocycles. The maximum absolute atomic E-state index is 5.94. The minimum atomic E-state index is 0.787. The van der Waals surface area contributed by atoms with Crippen LogP contribution in [0.5, 0.6) is 0 Å². The Morgan fingerprint density at radius 1 is 1.43 bits per heavy atom. The second-order valence-corrected chi connectivity index (χ2v) is 3.99. The SMILES string of the molecule is Clc1ccc2c(c1)CN1CCNC1=N2. The molecule has 0 aromatic heterocycles. The predicted molar refractivity (Wildman–Crippen MR) is 57.0 cm³/mol. The van der Waals surface area contributed by atoms with E-state index in [9.17, 15) is 0 Å². The smallest absolute Gasteiger partial charge is 0.199 e. The van der Waals surface area contributed by atoms with Gasteiger partial charge in [-0.3, -0.25) is 0 Å². The maximum atomic E-state index is 5.94. The molecular weight excluding hydrogens is 198 g/mol. The summed E-state index contributed by atoms with van der Waals surface area (Å²) in [6.07, 6.45) is 0. The van der Waals surface area contributed by atoms with Crippen LogP contribution >= 0.6 is 11.6 Å². The van der Waals surface area contributed by atoms with E-state index in [0.717, 1.165) is 36.3 Å². The van der Waals surface area contributed by atoms with E-state index in [-0.39, 0.29) is 0 Å². The zero-order valence-corrected chi connectivity index (χ0v) is 8.38. The van der Waals surface area contributed by atoms with Crippen molar-refractivity contribution in [3.63, 3.8) is 0 Å². The molecule has 1 saturated heterocycles. The summed E-state index contributed by atoms with van der Waals surface area (Å²) in [5.41, 5.74) is 2.25. The van der Waals surface area contributed by atoms with Gasteiger partial charge in [0.05, 0.1) is 5.69 Å². The van der Waals surface area contributed by atoms with Crippen molar-refractivity contribution in [1.29, 1.82) is 0 Å². The Morgan fingerprint density at radius 3 is 3.29 bits per heavy atom. The molecular formula is C10H10ClN3. The third-order valence-electron chi connectivity index (χ3n) is 2.59. The number of nitrogens with zero attached hydrogens (tertiary/aromatic N) is 2. The van der Waals surface area contributed by atoms with E-state index >= 15 is 0 Å². The number of rotatable bonds is 0. The lowest BCUT2D eigenvalue weighted by Crippen LogP contribution is -2.31. The minimum Gasteiger partial charge on any atom is -0.354 e. The Balaban J connectivity index is 2.09. The predicted octanol–water partition coefficient (Wildman–Crippen LogP) is 1.75. The second kappa shape index (κ2) is 2.89. The van der Waals surface area contributed by atoms with Gasteiger partial charge in [0.2, 0.25) is 0 Å². The van der Waals surface area contributed by atoms with Gasteiger partial charge in [0.1, 0.15) is 0 Å².